The molecule has 3 nitrogen and oxygen atoms in total. The van der Waals surface area contributed by atoms with Crippen molar-refractivity contribution in [2.24, 2.45) is 0 Å². The van der Waals surface area contributed by atoms with Crippen molar-refractivity contribution in [1.82, 2.24) is 4.98 Å². The lowest BCUT2D eigenvalue weighted by atomic mass is 10.3. The molecule has 0 aliphatic heterocycles. The lowest BCUT2D eigenvalue weighted by Gasteiger charge is -1.98. The summed E-state index contributed by atoms with van der Waals surface area (Å²) >= 11 is 3.20. The summed E-state index contributed by atoms with van der Waals surface area (Å²) < 4.78 is 22.3. The molecule has 0 saturated carbocycles. The van der Waals surface area contributed by atoms with Crippen LogP contribution in [0, 0.1) is 6.92 Å². The van der Waals surface area contributed by atoms with Crippen LogP contribution in [-0.2, 0) is 9.05 Å². The predicted molar refractivity (Wildman–Crippen MR) is 49.7 cm³/mol. The van der Waals surface area contributed by atoms with E-state index in [-0.39, 0.29) is 5.03 Å². The fraction of sp³-hybridized carbons (Fsp3) is 0.167. The van der Waals surface area contributed by atoms with E-state index in [0.29, 0.717) is 0 Å². The molecule has 1 aromatic heterocycles. The first-order valence-electron chi connectivity index (χ1n) is 2.98. The normalized spacial score (nSPS) is 11.6. The van der Waals surface area contributed by atoms with Crippen LogP contribution in [0.15, 0.2) is 21.8 Å². The second kappa shape index (κ2) is 3.32. The van der Waals surface area contributed by atoms with E-state index >= 15 is 0 Å². The van der Waals surface area contributed by atoms with E-state index in [0.717, 1.165) is 10.0 Å². The predicted octanol–water partition coefficient (Wildman–Crippen LogP) is 2.08. The number of rotatable bonds is 1. The van der Waals surface area contributed by atoms with E-state index in [2.05, 4.69) is 20.9 Å². The van der Waals surface area contributed by atoms with Gasteiger partial charge in [-0.1, -0.05) is 0 Å². The highest BCUT2D eigenvalue weighted by Crippen LogP contribution is 2.19. The number of halogens is 2. The Labute approximate surface area is 83.3 Å². The first-order chi connectivity index (χ1) is 5.41. The van der Waals surface area contributed by atoms with Gasteiger partial charge in [-0.15, -0.1) is 0 Å². The lowest BCUT2D eigenvalue weighted by molar-refractivity contribution is 0.606. The fourth-order valence-electron chi connectivity index (χ4n) is 0.647. The van der Waals surface area contributed by atoms with Crippen LogP contribution < -0.4 is 0 Å². The third-order valence-corrected chi connectivity index (χ3v) is 3.30. The lowest BCUT2D eigenvalue weighted by Crippen LogP contribution is -1.95. The molecule has 0 N–H and O–H groups in total. The van der Waals surface area contributed by atoms with Gasteiger partial charge in [-0.3, -0.25) is 0 Å². The van der Waals surface area contributed by atoms with Crippen molar-refractivity contribution in [1.29, 1.82) is 0 Å². The van der Waals surface area contributed by atoms with Gasteiger partial charge in [-0.25, -0.2) is 13.4 Å². The molecule has 0 fully saturated rings. The van der Waals surface area contributed by atoms with Crippen LogP contribution in [0.25, 0.3) is 0 Å². The third-order valence-electron chi connectivity index (χ3n) is 1.27. The van der Waals surface area contributed by atoms with Gasteiger partial charge in [-0.05, 0) is 34.5 Å². The Hall–Kier alpha value is -0.130. The molecule has 0 aliphatic carbocycles. The molecule has 0 saturated heterocycles. The smallest absolute Gasteiger partial charge is 0.242 e. The Balaban J connectivity index is 3.33. The Morgan fingerprint density at radius 2 is 2.17 bits per heavy atom. The third kappa shape index (κ3) is 2.18. The molecule has 1 rings (SSSR count). The molecule has 12 heavy (non-hydrogen) atoms. The Morgan fingerprint density at radius 1 is 1.58 bits per heavy atom. The SMILES string of the molecule is Cc1cc(S(=O)(=O)Cl)ncc1Br. The van der Waals surface area contributed by atoms with Crippen LogP contribution >= 0.6 is 26.6 Å². The molecule has 1 aromatic rings. The van der Waals surface area contributed by atoms with Crippen LogP contribution in [0.2, 0.25) is 0 Å². The standard InChI is InChI=1S/C6H5BrClNO2S/c1-4-2-6(12(8,10)11)9-3-5(4)7/h2-3H,1H3. The van der Waals surface area contributed by atoms with E-state index in [9.17, 15) is 8.42 Å². The van der Waals surface area contributed by atoms with Crippen molar-refractivity contribution in [3.05, 3.63) is 22.3 Å². The van der Waals surface area contributed by atoms with Crippen LogP contribution in [0.3, 0.4) is 0 Å². The second-order valence-electron chi connectivity index (χ2n) is 2.21. The highest BCUT2D eigenvalue weighted by atomic mass is 79.9. The highest BCUT2D eigenvalue weighted by molar-refractivity contribution is 9.10. The van der Waals surface area contributed by atoms with Gasteiger partial charge in [0.1, 0.15) is 0 Å². The quantitative estimate of drug-likeness (QED) is 0.734. The summed E-state index contributed by atoms with van der Waals surface area (Å²) in [5.41, 5.74) is 0.782. The minimum absolute atomic E-state index is 0.120. The summed E-state index contributed by atoms with van der Waals surface area (Å²) in [6, 6.07) is 1.41. The zero-order valence-corrected chi connectivity index (χ0v) is 9.24. The first kappa shape index (κ1) is 9.95. The highest BCUT2D eigenvalue weighted by Gasteiger charge is 2.12. The summed E-state index contributed by atoms with van der Waals surface area (Å²) in [6.45, 7) is 1.76. The van der Waals surface area contributed by atoms with Gasteiger partial charge in [0.2, 0.25) is 0 Å². The Bertz CT molecular complexity index is 404. The van der Waals surface area contributed by atoms with Gasteiger partial charge in [0.25, 0.3) is 9.05 Å². The largest absolute Gasteiger partial charge is 0.278 e. The molecule has 0 bridgehead atoms. The molecule has 0 amide bonds. The molecule has 1 heterocycles. The Kier molecular flexibility index (Phi) is 2.75. The zero-order chi connectivity index (χ0) is 9.35. The fourth-order valence-corrected chi connectivity index (χ4v) is 1.61. The van der Waals surface area contributed by atoms with E-state index in [1.807, 2.05) is 0 Å². The zero-order valence-electron chi connectivity index (χ0n) is 6.08. The number of hydrogen-bond acceptors (Lipinski definition) is 3. The molecule has 0 radical (unpaired) electrons. The van der Waals surface area contributed by atoms with Crippen LogP contribution in [-0.4, -0.2) is 13.4 Å². The van der Waals surface area contributed by atoms with E-state index < -0.39 is 9.05 Å². The molecule has 0 aliphatic rings. The van der Waals surface area contributed by atoms with Crippen molar-refractivity contribution >= 4 is 35.7 Å². The maximum atomic E-state index is 10.8. The molecule has 0 aromatic carbocycles. The first-order valence-corrected chi connectivity index (χ1v) is 6.08. The molecule has 6 heteroatoms. The number of aromatic nitrogens is 1. The van der Waals surface area contributed by atoms with Gasteiger partial charge in [0.15, 0.2) is 5.03 Å². The minimum atomic E-state index is -3.70. The van der Waals surface area contributed by atoms with Crippen LogP contribution in [0.4, 0.5) is 0 Å². The number of nitrogens with zero attached hydrogens (tertiary/aromatic N) is 1. The molecule has 0 atom stereocenters. The number of aryl methyl sites for hydroxylation is 1. The van der Waals surface area contributed by atoms with Crippen molar-refractivity contribution < 1.29 is 8.42 Å². The average Bonchev–Trinajstić information content (AvgIpc) is 1.92. The summed E-state index contributed by atoms with van der Waals surface area (Å²) in [5.74, 6) is 0. The van der Waals surface area contributed by atoms with Gasteiger partial charge in [0.05, 0.1) is 0 Å². The average molecular weight is 271 g/mol. The van der Waals surface area contributed by atoms with Crippen LogP contribution in [0.1, 0.15) is 5.56 Å². The van der Waals surface area contributed by atoms with E-state index in [4.69, 9.17) is 10.7 Å². The maximum absolute atomic E-state index is 10.8. The van der Waals surface area contributed by atoms with Crippen molar-refractivity contribution in [2.45, 2.75) is 11.9 Å². The maximum Gasteiger partial charge on any atom is 0.278 e. The number of hydrogen-bond donors (Lipinski definition) is 0. The molecular formula is C6H5BrClNO2S. The second-order valence-corrected chi connectivity index (χ2v) is 5.58. The van der Waals surface area contributed by atoms with Crippen LogP contribution in [0.5, 0.6) is 0 Å². The summed E-state index contributed by atoms with van der Waals surface area (Å²) in [7, 11) is 1.38. The van der Waals surface area contributed by atoms with Gasteiger partial charge >= 0.3 is 0 Å². The van der Waals surface area contributed by atoms with Gasteiger partial charge in [0, 0.05) is 21.4 Å². The van der Waals surface area contributed by atoms with Crippen molar-refractivity contribution in [3.8, 4) is 0 Å². The monoisotopic (exact) mass is 269 g/mol. The summed E-state index contributed by atoms with van der Waals surface area (Å²) in [4.78, 5) is 3.64. The number of pyridine rings is 1. The van der Waals surface area contributed by atoms with E-state index in [1.165, 1.54) is 12.3 Å². The Morgan fingerprint density at radius 3 is 2.58 bits per heavy atom. The van der Waals surface area contributed by atoms with Crippen molar-refractivity contribution in [3.63, 3.8) is 0 Å². The molecule has 66 valence electrons. The van der Waals surface area contributed by atoms with Crippen molar-refractivity contribution in [2.75, 3.05) is 0 Å². The summed E-state index contributed by atoms with van der Waals surface area (Å²) in [5, 5.41) is -0.120. The van der Waals surface area contributed by atoms with Gasteiger partial charge in [-0.2, -0.15) is 0 Å². The summed E-state index contributed by atoms with van der Waals surface area (Å²) in [6.07, 6.45) is 1.41. The molecule has 0 unspecified atom stereocenters. The van der Waals surface area contributed by atoms with E-state index in [1.54, 1.807) is 6.92 Å². The van der Waals surface area contributed by atoms with Gasteiger partial charge < -0.3 is 0 Å². The topological polar surface area (TPSA) is 47.0 Å². The minimum Gasteiger partial charge on any atom is -0.242 e. The molecule has 0 spiro atoms. The molecular weight excluding hydrogens is 265 g/mol.